The van der Waals surface area contributed by atoms with Crippen LogP contribution in [-0.2, 0) is 10.1 Å². The molecule has 4 heteroatoms. The molecule has 1 saturated heterocycles. The lowest BCUT2D eigenvalue weighted by Crippen LogP contribution is -2.10. The van der Waals surface area contributed by atoms with E-state index in [0.717, 1.165) is 31.4 Å². The molecule has 0 amide bonds. The average molecular weight is 303 g/mol. The van der Waals surface area contributed by atoms with Crippen molar-refractivity contribution in [2.75, 3.05) is 13.2 Å². The van der Waals surface area contributed by atoms with Crippen molar-refractivity contribution in [1.82, 2.24) is 0 Å². The van der Waals surface area contributed by atoms with Gasteiger partial charge in [-0.3, -0.25) is 0 Å². The molecule has 94 valence electrons. The van der Waals surface area contributed by atoms with Gasteiger partial charge in [-0.15, -0.1) is 0 Å². The molecule has 1 fully saturated rings. The van der Waals surface area contributed by atoms with Crippen molar-refractivity contribution in [3.63, 3.8) is 0 Å². The molecule has 0 spiro atoms. The molecule has 17 heavy (non-hydrogen) atoms. The summed E-state index contributed by atoms with van der Waals surface area (Å²) in [6.07, 6.45) is 3.44. The summed E-state index contributed by atoms with van der Waals surface area (Å²) < 4.78 is 24.3. The predicted molar refractivity (Wildman–Crippen MR) is 68.1 cm³/mol. The molecule has 1 aromatic rings. The standard InChI is InChI=1S/C13H16BrFO2/c14-9-10-6-11(15)8-13(7-10)17-5-3-12-2-1-4-16-12/h6-8,12H,1-5,9H2. The molecule has 1 aliphatic rings. The van der Waals surface area contributed by atoms with Crippen molar-refractivity contribution in [2.45, 2.75) is 30.7 Å². The molecule has 1 aromatic carbocycles. The molecular weight excluding hydrogens is 287 g/mol. The van der Waals surface area contributed by atoms with E-state index in [9.17, 15) is 4.39 Å². The van der Waals surface area contributed by atoms with Crippen molar-refractivity contribution >= 4 is 15.9 Å². The Morgan fingerprint density at radius 1 is 1.41 bits per heavy atom. The van der Waals surface area contributed by atoms with Crippen LogP contribution in [0.4, 0.5) is 4.39 Å². The minimum Gasteiger partial charge on any atom is -0.493 e. The van der Waals surface area contributed by atoms with E-state index in [1.807, 2.05) is 6.07 Å². The molecule has 0 aliphatic carbocycles. The normalized spacial score (nSPS) is 19.5. The molecule has 1 heterocycles. The molecule has 0 bridgehead atoms. The molecule has 2 nitrogen and oxygen atoms in total. The first-order valence-corrected chi connectivity index (χ1v) is 7.00. The lowest BCUT2D eigenvalue weighted by atomic mass is 10.2. The van der Waals surface area contributed by atoms with E-state index in [0.29, 0.717) is 23.8 Å². The summed E-state index contributed by atoms with van der Waals surface area (Å²) in [4.78, 5) is 0. The molecule has 0 aromatic heterocycles. The van der Waals surface area contributed by atoms with Crippen LogP contribution in [0.3, 0.4) is 0 Å². The number of hydrogen-bond acceptors (Lipinski definition) is 2. The second-order valence-electron chi connectivity index (χ2n) is 4.20. The van der Waals surface area contributed by atoms with E-state index in [1.165, 1.54) is 12.1 Å². The van der Waals surface area contributed by atoms with Crippen LogP contribution in [0.15, 0.2) is 18.2 Å². The van der Waals surface area contributed by atoms with Crippen molar-refractivity contribution in [2.24, 2.45) is 0 Å². The molecule has 1 aliphatic heterocycles. The maximum Gasteiger partial charge on any atom is 0.127 e. The fraction of sp³-hybridized carbons (Fsp3) is 0.538. The minimum absolute atomic E-state index is 0.255. The molecule has 1 atom stereocenters. The predicted octanol–water partition coefficient (Wildman–Crippen LogP) is 3.67. The van der Waals surface area contributed by atoms with E-state index in [-0.39, 0.29) is 5.82 Å². The zero-order valence-electron chi connectivity index (χ0n) is 9.62. The van der Waals surface area contributed by atoms with Crippen LogP contribution in [-0.4, -0.2) is 19.3 Å². The Bertz CT molecular complexity index is 364. The molecule has 0 saturated carbocycles. The second-order valence-corrected chi connectivity index (χ2v) is 4.76. The van der Waals surface area contributed by atoms with Gasteiger partial charge in [-0.1, -0.05) is 15.9 Å². The maximum atomic E-state index is 13.2. The Hall–Kier alpha value is -0.610. The highest BCUT2D eigenvalue weighted by Gasteiger charge is 2.15. The quantitative estimate of drug-likeness (QED) is 0.773. The summed E-state index contributed by atoms with van der Waals surface area (Å²) in [6, 6.07) is 4.77. The molecule has 2 rings (SSSR count). The Kier molecular flexibility index (Phi) is 4.80. The lowest BCUT2D eigenvalue weighted by molar-refractivity contribution is 0.0903. The van der Waals surface area contributed by atoms with Crippen LogP contribution in [0, 0.1) is 5.82 Å². The third kappa shape index (κ3) is 3.96. The van der Waals surface area contributed by atoms with Gasteiger partial charge in [-0.25, -0.2) is 4.39 Å². The smallest absolute Gasteiger partial charge is 0.127 e. The highest BCUT2D eigenvalue weighted by Crippen LogP contribution is 2.20. The summed E-state index contributed by atoms with van der Waals surface area (Å²) >= 11 is 3.31. The van der Waals surface area contributed by atoms with Gasteiger partial charge in [-0.05, 0) is 30.5 Å². The Balaban J connectivity index is 1.83. The van der Waals surface area contributed by atoms with Gasteiger partial charge in [0.1, 0.15) is 11.6 Å². The third-order valence-corrected chi connectivity index (χ3v) is 3.47. The van der Waals surface area contributed by atoms with Crippen molar-refractivity contribution in [1.29, 1.82) is 0 Å². The SMILES string of the molecule is Fc1cc(CBr)cc(OCCC2CCCO2)c1. The summed E-state index contributed by atoms with van der Waals surface area (Å²) in [7, 11) is 0. The summed E-state index contributed by atoms with van der Waals surface area (Å²) in [5, 5.41) is 0.632. The number of rotatable bonds is 5. The van der Waals surface area contributed by atoms with Crippen LogP contribution in [0.5, 0.6) is 5.75 Å². The lowest BCUT2D eigenvalue weighted by Gasteiger charge is -2.11. The number of benzene rings is 1. The zero-order chi connectivity index (χ0) is 12.1. The second kappa shape index (κ2) is 6.36. The van der Waals surface area contributed by atoms with Gasteiger partial charge in [-0.2, -0.15) is 0 Å². The number of ether oxygens (including phenoxy) is 2. The third-order valence-electron chi connectivity index (χ3n) is 2.82. The van der Waals surface area contributed by atoms with Crippen LogP contribution in [0.2, 0.25) is 0 Å². The van der Waals surface area contributed by atoms with Crippen molar-refractivity contribution < 1.29 is 13.9 Å². The van der Waals surface area contributed by atoms with Crippen LogP contribution in [0.25, 0.3) is 0 Å². The molecule has 0 N–H and O–H groups in total. The van der Waals surface area contributed by atoms with Crippen LogP contribution in [0.1, 0.15) is 24.8 Å². The fourth-order valence-corrected chi connectivity index (χ4v) is 2.29. The number of hydrogen-bond donors (Lipinski definition) is 0. The summed E-state index contributed by atoms with van der Waals surface area (Å²) in [5.74, 6) is 0.339. The van der Waals surface area contributed by atoms with Gasteiger partial charge in [0.25, 0.3) is 0 Å². The van der Waals surface area contributed by atoms with E-state index < -0.39 is 0 Å². The average Bonchev–Trinajstić information content (AvgIpc) is 2.81. The van der Waals surface area contributed by atoms with Gasteiger partial charge in [0.2, 0.25) is 0 Å². The largest absolute Gasteiger partial charge is 0.493 e. The number of alkyl halides is 1. The van der Waals surface area contributed by atoms with Crippen molar-refractivity contribution in [3.05, 3.63) is 29.6 Å². The molecular formula is C13H16BrFO2. The van der Waals surface area contributed by atoms with Gasteiger partial charge < -0.3 is 9.47 Å². The van der Waals surface area contributed by atoms with Gasteiger partial charge in [0, 0.05) is 24.4 Å². The topological polar surface area (TPSA) is 18.5 Å². The highest BCUT2D eigenvalue weighted by molar-refractivity contribution is 9.08. The zero-order valence-corrected chi connectivity index (χ0v) is 11.2. The Labute approximate surface area is 109 Å². The first kappa shape index (κ1) is 12.8. The fourth-order valence-electron chi connectivity index (χ4n) is 1.96. The van der Waals surface area contributed by atoms with Gasteiger partial charge in [0.15, 0.2) is 0 Å². The Morgan fingerprint density at radius 3 is 3.00 bits per heavy atom. The van der Waals surface area contributed by atoms with Crippen LogP contribution < -0.4 is 4.74 Å². The van der Waals surface area contributed by atoms with E-state index >= 15 is 0 Å². The van der Waals surface area contributed by atoms with Gasteiger partial charge in [0.05, 0.1) is 12.7 Å². The summed E-state index contributed by atoms with van der Waals surface area (Å²) in [5.41, 5.74) is 0.886. The maximum absolute atomic E-state index is 13.2. The first-order chi connectivity index (χ1) is 8.28. The molecule has 0 radical (unpaired) electrons. The van der Waals surface area contributed by atoms with E-state index in [2.05, 4.69) is 15.9 Å². The van der Waals surface area contributed by atoms with Crippen molar-refractivity contribution in [3.8, 4) is 5.75 Å². The van der Waals surface area contributed by atoms with Gasteiger partial charge >= 0.3 is 0 Å². The first-order valence-electron chi connectivity index (χ1n) is 5.88. The van der Waals surface area contributed by atoms with E-state index in [1.54, 1.807) is 0 Å². The highest BCUT2D eigenvalue weighted by atomic mass is 79.9. The van der Waals surface area contributed by atoms with Crippen LogP contribution >= 0.6 is 15.9 Å². The Morgan fingerprint density at radius 2 is 2.29 bits per heavy atom. The monoisotopic (exact) mass is 302 g/mol. The molecule has 1 unspecified atom stereocenters. The van der Waals surface area contributed by atoms with E-state index in [4.69, 9.17) is 9.47 Å². The minimum atomic E-state index is -0.255. The number of halogens is 2. The summed E-state index contributed by atoms with van der Waals surface area (Å²) in [6.45, 7) is 1.44.